The van der Waals surface area contributed by atoms with Gasteiger partial charge >= 0.3 is 0 Å². The maximum atomic E-state index is 12.5. The number of fused-ring (bicyclic) bond motifs is 1. The molecule has 3 unspecified atom stereocenters. The fraction of sp³-hybridized carbons (Fsp3) is 0.500. The average Bonchev–Trinajstić information content (AvgIpc) is 2.53. The first-order valence-corrected chi connectivity index (χ1v) is 9.07. The molecule has 3 atom stereocenters. The van der Waals surface area contributed by atoms with Gasteiger partial charge in [0.05, 0.1) is 0 Å². The molecule has 5 heteroatoms. The van der Waals surface area contributed by atoms with Crippen molar-refractivity contribution in [3.05, 3.63) is 46.4 Å². The van der Waals surface area contributed by atoms with Crippen LogP contribution >= 0.6 is 0 Å². The third-order valence-corrected chi connectivity index (χ3v) is 4.85. The number of amides is 1. The summed E-state index contributed by atoms with van der Waals surface area (Å²) in [6.07, 6.45) is 1.27. The molecular formula is C20H27N3O2. The topological polar surface area (TPSA) is 65.2 Å². The second kappa shape index (κ2) is 7.40. The number of carbonyl (C=O) groups is 1. The van der Waals surface area contributed by atoms with Gasteiger partial charge in [-0.3, -0.25) is 9.59 Å². The number of benzene rings is 1. The number of piperidine rings is 1. The molecule has 2 aromatic rings. The zero-order valence-electron chi connectivity index (χ0n) is 15.2. The van der Waals surface area contributed by atoms with Gasteiger partial charge in [0, 0.05) is 31.1 Å². The molecule has 2 heterocycles. The summed E-state index contributed by atoms with van der Waals surface area (Å²) in [5, 5.41) is 4.39. The Balaban J connectivity index is 1.66. The highest BCUT2D eigenvalue weighted by molar-refractivity contribution is 5.96. The summed E-state index contributed by atoms with van der Waals surface area (Å²) in [6.45, 7) is 9.57. The Labute approximate surface area is 148 Å². The van der Waals surface area contributed by atoms with E-state index in [1.807, 2.05) is 25.1 Å². The van der Waals surface area contributed by atoms with E-state index in [1.54, 1.807) is 12.1 Å². The van der Waals surface area contributed by atoms with Crippen LogP contribution in [-0.4, -0.2) is 41.5 Å². The van der Waals surface area contributed by atoms with E-state index < -0.39 is 0 Å². The number of rotatable bonds is 4. The minimum absolute atomic E-state index is 0.0278. The number of hydrogen-bond donors (Lipinski definition) is 2. The first-order valence-electron chi connectivity index (χ1n) is 9.07. The normalized spacial score (nSPS) is 22.7. The van der Waals surface area contributed by atoms with Gasteiger partial charge < -0.3 is 15.2 Å². The molecule has 1 aromatic carbocycles. The molecule has 1 fully saturated rings. The van der Waals surface area contributed by atoms with Crippen molar-refractivity contribution in [3.63, 3.8) is 0 Å². The van der Waals surface area contributed by atoms with Crippen molar-refractivity contribution < 1.29 is 4.79 Å². The smallest absolute Gasteiger partial charge is 0.268 e. The summed E-state index contributed by atoms with van der Waals surface area (Å²) in [5.41, 5.74) is 0.0884. The van der Waals surface area contributed by atoms with Crippen molar-refractivity contribution in [1.82, 2.24) is 15.2 Å². The molecule has 0 radical (unpaired) electrons. The van der Waals surface area contributed by atoms with E-state index in [4.69, 9.17) is 0 Å². The number of likely N-dealkylation sites (tertiary alicyclic amines) is 1. The molecule has 134 valence electrons. The lowest BCUT2D eigenvalue weighted by Crippen LogP contribution is -2.47. The van der Waals surface area contributed by atoms with Gasteiger partial charge in [-0.05, 0) is 42.7 Å². The molecule has 1 aliphatic rings. The largest absolute Gasteiger partial charge is 0.347 e. The standard InChI is InChI=1S/C20H27N3O2/c1-13-8-14(2)11-23(10-13)12-15(3)21-20(25)18-9-16-6-4-5-7-17(16)19(24)22-18/h4-7,9,13-15H,8,10-12H2,1-3H3,(H,21,25)(H,22,24). The summed E-state index contributed by atoms with van der Waals surface area (Å²) in [5.74, 6) is 1.17. The summed E-state index contributed by atoms with van der Waals surface area (Å²) in [4.78, 5) is 29.8. The van der Waals surface area contributed by atoms with Crippen molar-refractivity contribution in [2.24, 2.45) is 11.8 Å². The Kier molecular flexibility index (Phi) is 5.23. The minimum atomic E-state index is -0.228. The number of aromatic nitrogens is 1. The van der Waals surface area contributed by atoms with Gasteiger partial charge in [0.1, 0.15) is 5.69 Å². The van der Waals surface area contributed by atoms with Gasteiger partial charge in [-0.25, -0.2) is 0 Å². The van der Waals surface area contributed by atoms with Crippen LogP contribution in [0.4, 0.5) is 0 Å². The molecule has 2 N–H and O–H groups in total. The predicted octanol–water partition coefficient (Wildman–Crippen LogP) is 2.62. The number of hydrogen-bond acceptors (Lipinski definition) is 3. The van der Waals surface area contributed by atoms with Crippen LogP contribution in [0.2, 0.25) is 0 Å². The highest BCUT2D eigenvalue weighted by atomic mass is 16.2. The Hall–Kier alpha value is -2.14. The van der Waals surface area contributed by atoms with E-state index in [9.17, 15) is 9.59 Å². The Bertz CT molecular complexity index is 804. The Morgan fingerprint density at radius 2 is 1.96 bits per heavy atom. The van der Waals surface area contributed by atoms with E-state index in [1.165, 1.54) is 6.42 Å². The first kappa shape index (κ1) is 17.7. The summed E-state index contributed by atoms with van der Waals surface area (Å²) < 4.78 is 0. The van der Waals surface area contributed by atoms with Gasteiger partial charge in [-0.2, -0.15) is 0 Å². The zero-order chi connectivity index (χ0) is 18.0. The fourth-order valence-electron chi connectivity index (χ4n) is 4.01. The van der Waals surface area contributed by atoms with Crippen LogP contribution in [0.5, 0.6) is 0 Å². The lowest BCUT2D eigenvalue weighted by Gasteiger charge is -2.36. The van der Waals surface area contributed by atoms with Gasteiger partial charge in [0.25, 0.3) is 11.5 Å². The molecule has 3 rings (SSSR count). The second-order valence-electron chi connectivity index (χ2n) is 7.64. The molecule has 1 aromatic heterocycles. The van der Waals surface area contributed by atoms with Crippen LogP contribution in [0, 0.1) is 11.8 Å². The highest BCUT2D eigenvalue weighted by Crippen LogP contribution is 2.20. The van der Waals surface area contributed by atoms with Crippen LogP contribution in [-0.2, 0) is 0 Å². The third-order valence-electron chi connectivity index (χ3n) is 4.85. The van der Waals surface area contributed by atoms with Crippen LogP contribution in [0.15, 0.2) is 35.1 Å². The highest BCUT2D eigenvalue weighted by Gasteiger charge is 2.23. The van der Waals surface area contributed by atoms with Crippen molar-refractivity contribution in [2.75, 3.05) is 19.6 Å². The number of carbonyl (C=O) groups excluding carboxylic acids is 1. The van der Waals surface area contributed by atoms with E-state index in [-0.39, 0.29) is 17.5 Å². The molecular weight excluding hydrogens is 314 g/mol. The number of nitrogens with one attached hydrogen (secondary N) is 2. The van der Waals surface area contributed by atoms with Crippen LogP contribution in [0.25, 0.3) is 10.8 Å². The Morgan fingerprint density at radius 1 is 1.28 bits per heavy atom. The summed E-state index contributed by atoms with van der Waals surface area (Å²) >= 11 is 0. The molecule has 1 amide bonds. The monoisotopic (exact) mass is 341 g/mol. The molecule has 0 bridgehead atoms. The van der Waals surface area contributed by atoms with Crippen LogP contribution in [0.3, 0.4) is 0 Å². The van der Waals surface area contributed by atoms with Gasteiger partial charge in [0.2, 0.25) is 0 Å². The SMILES string of the molecule is CC1CC(C)CN(CC(C)NC(=O)c2cc3ccccc3c(=O)[nH]2)C1. The van der Waals surface area contributed by atoms with Crippen molar-refractivity contribution in [2.45, 2.75) is 33.2 Å². The van der Waals surface area contributed by atoms with Gasteiger partial charge in [-0.15, -0.1) is 0 Å². The maximum Gasteiger partial charge on any atom is 0.268 e. The number of H-pyrrole nitrogens is 1. The zero-order valence-corrected chi connectivity index (χ0v) is 15.2. The molecule has 0 saturated carbocycles. The predicted molar refractivity (Wildman–Crippen MR) is 101 cm³/mol. The Morgan fingerprint density at radius 3 is 2.68 bits per heavy atom. The number of aromatic amines is 1. The van der Waals surface area contributed by atoms with E-state index in [0.29, 0.717) is 22.9 Å². The summed E-state index contributed by atoms with van der Waals surface area (Å²) in [6, 6.07) is 9.06. The summed E-state index contributed by atoms with van der Waals surface area (Å²) in [7, 11) is 0. The minimum Gasteiger partial charge on any atom is -0.347 e. The quantitative estimate of drug-likeness (QED) is 0.898. The molecule has 1 saturated heterocycles. The lowest BCUT2D eigenvalue weighted by atomic mass is 9.92. The van der Waals surface area contributed by atoms with Crippen molar-refractivity contribution in [1.29, 1.82) is 0 Å². The third kappa shape index (κ3) is 4.28. The molecule has 0 spiro atoms. The molecule has 5 nitrogen and oxygen atoms in total. The second-order valence-corrected chi connectivity index (χ2v) is 7.64. The van der Waals surface area contributed by atoms with Crippen molar-refractivity contribution in [3.8, 4) is 0 Å². The van der Waals surface area contributed by atoms with E-state index in [0.717, 1.165) is 25.0 Å². The van der Waals surface area contributed by atoms with Crippen LogP contribution < -0.4 is 10.9 Å². The maximum absolute atomic E-state index is 12.5. The molecule has 0 aliphatic carbocycles. The molecule has 1 aliphatic heterocycles. The van der Waals surface area contributed by atoms with Gasteiger partial charge in [-0.1, -0.05) is 32.0 Å². The number of nitrogens with zero attached hydrogens (tertiary/aromatic N) is 1. The van der Waals surface area contributed by atoms with Gasteiger partial charge in [0.15, 0.2) is 0 Å². The van der Waals surface area contributed by atoms with E-state index >= 15 is 0 Å². The molecule has 25 heavy (non-hydrogen) atoms. The lowest BCUT2D eigenvalue weighted by molar-refractivity contribution is 0.0900. The number of pyridine rings is 1. The average molecular weight is 341 g/mol. The van der Waals surface area contributed by atoms with Crippen molar-refractivity contribution >= 4 is 16.7 Å². The van der Waals surface area contributed by atoms with Crippen LogP contribution in [0.1, 0.15) is 37.7 Å². The first-order chi connectivity index (χ1) is 11.9. The fourth-order valence-corrected chi connectivity index (χ4v) is 4.01. The van der Waals surface area contributed by atoms with E-state index in [2.05, 4.69) is 29.0 Å².